The zero-order valence-electron chi connectivity index (χ0n) is 15.1. The quantitative estimate of drug-likeness (QED) is 0.892. The highest BCUT2D eigenvalue weighted by atomic mass is 16.2. The molecule has 1 atom stereocenters. The molecule has 1 aromatic carbocycles. The molecule has 2 aliphatic rings. The molecule has 1 N–H and O–H groups in total. The molecule has 1 saturated heterocycles. The van der Waals surface area contributed by atoms with Gasteiger partial charge < -0.3 is 10.2 Å². The number of piperidine rings is 1. The van der Waals surface area contributed by atoms with Crippen LogP contribution in [0.5, 0.6) is 0 Å². The van der Waals surface area contributed by atoms with E-state index in [4.69, 9.17) is 0 Å². The van der Waals surface area contributed by atoms with Crippen molar-refractivity contribution in [1.82, 2.24) is 10.2 Å². The predicted molar refractivity (Wildman–Crippen MR) is 99.1 cm³/mol. The minimum atomic E-state index is -0.435. The highest BCUT2D eigenvalue weighted by Gasteiger charge is 2.30. The first kappa shape index (κ1) is 18.0. The van der Waals surface area contributed by atoms with Gasteiger partial charge in [0.15, 0.2) is 0 Å². The van der Waals surface area contributed by atoms with Gasteiger partial charge in [0.25, 0.3) is 0 Å². The zero-order chi connectivity index (χ0) is 17.5. The first-order chi connectivity index (χ1) is 12.2. The number of hydrogen-bond acceptors (Lipinski definition) is 2. The van der Waals surface area contributed by atoms with Crippen molar-refractivity contribution in [3.05, 3.63) is 35.9 Å². The van der Waals surface area contributed by atoms with Gasteiger partial charge in [0.2, 0.25) is 11.8 Å². The number of nitrogens with one attached hydrogen (secondary N) is 1. The summed E-state index contributed by atoms with van der Waals surface area (Å²) in [4.78, 5) is 27.7. The van der Waals surface area contributed by atoms with Gasteiger partial charge in [-0.05, 0) is 37.7 Å². The summed E-state index contributed by atoms with van der Waals surface area (Å²) in [6, 6.07) is 9.58. The summed E-state index contributed by atoms with van der Waals surface area (Å²) in [6.07, 6.45) is 9.31. The number of nitrogens with zero attached hydrogens (tertiary/aromatic N) is 1. The number of amides is 2. The molecule has 1 saturated carbocycles. The maximum Gasteiger partial charge on any atom is 0.245 e. The Labute approximate surface area is 151 Å². The summed E-state index contributed by atoms with van der Waals surface area (Å²) in [6.45, 7) is 1.65. The Morgan fingerprint density at radius 1 is 0.960 bits per heavy atom. The Morgan fingerprint density at radius 3 is 2.28 bits per heavy atom. The number of carbonyl (C=O) groups excluding carboxylic acids is 2. The van der Waals surface area contributed by atoms with Crippen LogP contribution >= 0.6 is 0 Å². The molecule has 2 amide bonds. The highest BCUT2D eigenvalue weighted by Crippen LogP contribution is 2.24. The van der Waals surface area contributed by atoms with Gasteiger partial charge in [-0.1, -0.05) is 49.6 Å². The molecule has 25 heavy (non-hydrogen) atoms. The maximum absolute atomic E-state index is 13.0. The summed E-state index contributed by atoms with van der Waals surface area (Å²) in [7, 11) is 0. The second-order valence-electron chi connectivity index (χ2n) is 7.47. The Bertz CT molecular complexity index is 561. The van der Waals surface area contributed by atoms with Crippen LogP contribution in [0.4, 0.5) is 0 Å². The van der Waals surface area contributed by atoms with Crippen molar-refractivity contribution in [3.63, 3.8) is 0 Å². The van der Waals surface area contributed by atoms with Crippen LogP contribution in [0.3, 0.4) is 0 Å². The van der Waals surface area contributed by atoms with Crippen molar-refractivity contribution in [1.29, 1.82) is 0 Å². The van der Waals surface area contributed by atoms with Crippen LogP contribution in [-0.4, -0.2) is 35.8 Å². The first-order valence-electron chi connectivity index (χ1n) is 9.87. The molecule has 0 aromatic heterocycles. The van der Waals surface area contributed by atoms with Gasteiger partial charge in [-0.25, -0.2) is 0 Å². The fourth-order valence-corrected chi connectivity index (χ4v) is 4.04. The fourth-order valence-electron chi connectivity index (χ4n) is 4.04. The Morgan fingerprint density at radius 2 is 1.60 bits per heavy atom. The minimum Gasteiger partial charge on any atom is -0.344 e. The van der Waals surface area contributed by atoms with Crippen molar-refractivity contribution in [2.75, 3.05) is 13.1 Å². The van der Waals surface area contributed by atoms with E-state index in [1.54, 1.807) is 0 Å². The molecule has 2 fully saturated rings. The summed E-state index contributed by atoms with van der Waals surface area (Å²) in [5, 5.41) is 3.10. The number of likely N-dealkylation sites (tertiary alicyclic amines) is 1. The monoisotopic (exact) mass is 342 g/mol. The van der Waals surface area contributed by atoms with Gasteiger partial charge in [0.05, 0.1) is 0 Å². The van der Waals surface area contributed by atoms with Crippen LogP contribution < -0.4 is 5.32 Å². The van der Waals surface area contributed by atoms with Gasteiger partial charge in [-0.15, -0.1) is 0 Å². The standard InChI is InChI=1S/C21H30N2O2/c24-20(18-12-6-2-7-13-18)22-19(16-17-10-4-1-5-11-17)21(25)23-14-8-3-9-15-23/h1,4-5,10-11,18-19H,2-3,6-9,12-16H2,(H,22,24)/t19-/m0/s1. The third kappa shape index (κ3) is 5.07. The van der Waals surface area contributed by atoms with Crippen molar-refractivity contribution >= 4 is 11.8 Å². The van der Waals surface area contributed by atoms with Crippen molar-refractivity contribution in [2.24, 2.45) is 5.92 Å². The lowest BCUT2D eigenvalue weighted by molar-refractivity contribution is -0.138. The summed E-state index contributed by atoms with van der Waals surface area (Å²) >= 11 is 0. The normalized spacial score (nSPS) is 20.1. The molecule has 1 aromatic rings. The fraction of sp³-hybridized carbons (Fsp3) is 0.619. The second-order valence-corrected chi connectivity index (χ2v) is 7.47. The van der Waals surface area contributed by atoms with E-state index < -0.39 is 6.04 Å². The Balaban J connectivity index is 1.68. The van der Waals surface area contributed by atoms with E-state index in [1.165, 1.54) is 12.8 Å². The lowest BCUT2D eigenvalue weighted by atomic mass is 9.88. The largest absolute Gasteiger partial charge is 0.344 e. The van der Waals surface area contributed by atoms with Gasteiger partial charge in [0.1, 0.15) is 6.04 Å². The lowest BCUT2D eigenvalue weighted by Gasteiger charge is -2.32. The lowest BCUT2D eigenvalue weighted by Crippen LogP contribution is -2.52. The Kier molecular flexibility index (Phi) is 6.48. The molecule has 1 heterocycles. The SMILES string of the molecule is O=C(N[C@@H](Cc1ccccc1)C(=O)N1CCCCC1)C1CCCCC1. The topological polar surface area (TPSA) is 49.4 Å². The van der Waals surface area contributed by atoms with Crippen LogP contribution in [-0.2, 0) is 16.0 Å². The summed E-state index contributed by atoms with van der Waals surface area (Å²) < 4.78 is 0. The van der Waals surface area contributed by atoms with Crippen molar-refractivity contribution < 1.29 is 9.59 Å². The van der Waals surface area contributed by atoms with E-state index >= 15 is 0 Å². The van der Waals surface area contributed by atoms with Crippen LogP contribution in [0, 0.1) is 5.92 Å². The third-order valence-electron chi connectivity index (χ3n) is 5.54. The molecule has 1 aliphatic heterocycles. The number of hydrogen-bond donors (Lipinski definition) is 1. The van der Waals surface area contributed by atoms with E-state index in [9.17, 15) is 9.59 Å². The molecule has 0 bridgehead atoms. The van der Waals surface area contributed by atoms with Gasteiger partial charge in [0, 0.05) is 25.4 Å². The average Bonchev–Trinajstić information content (AvgIpc) is 2.69. The van der Waals surface area contributed by atoms with E-state index in [0.29, 0.717) is 6.42 Å². The van der Waals surface area contributed by atoms with Crippen LogP contribution in [0.1, 0.15) is 56.9 Å². The second kappa shape index (κ2) is 9.02. The van der Waals surface area contributed by atoms with E-state index in [2.05, 4.69) is 5.32 Å². The van der Waals surface area contributed by atoms with Gasteiger partial charge >= 0.3 is 0 Å². The van der Waals surface area contributed by atoms with E-state index in [0.717, 1.165) is 57.2 Å². The maximum atomic E-state index is 13.0. The predicted octanol–water partition coefficient (Wildman–Crippen LogP) is 3.31. The summed E-state index contributed by atoms with van der Waals surface area (Å²) in [5.74, 6) is 0.250. The van der Waals surface area contributed by atoms with E-state index in [-0.39, 0.29) is 17.7 Å². The highest BCUT2D eigenvalue weighted by molar-refractivity contribution is 5.88. The molecule has 4 nitrogen and oxygen atoms in total. The van der Waals surface area contributed by atoms with Gasteiger partial charge in [-0.3, -0.25) is 9.59 Å². The molecule has 3 rings (SSSR count). The van der Waals surface area contributed by atoms with Crippen molar-refractivity contribution in [2.45, 2.75) is 63.8 Å². The van der Waals surface area contributed by atoms with Crippen LogP contribution in [0.15, 0.2) is 30.3 Å². The summed E-state index contributed by atoms with van der Waals surface area (Å²) in [5.41, 5.74) is 1.10. The number of rotatable bonds is 5. The number of carbonyl (C=O) groups is 2. The van der Waals surface area contributed by atoms with Crippen LogP contribution in [0.2, 0.25) is 0 Å². The zero-order valence-corrected chi connectivity index (χ0v) is 15.1. The molecule has 1 aliphatic carbocycles. The Hall–Kier alpha value is -1.84. The molecule has 4 heteroatoms. The van der Waals surface area contributed by atoms with Crippen molar-refractivity contribution in [3.8, 4) is 0 Å². The first-order valence-corrected chi connectivity index (χ1v) is 9.87. The molecule has 0 unspecified atom stereocenters. The molecule has 0 radical (unpaired) electrons. The molecular formula is C21H30N2O2. The van der Waals surface area contributed by atoms with Crippen LogP contribution in [0.25, 0.3) is 0 Å². The molecule has 0 spiro atoms. The average molecular weight is 342 g/mol. The number of benzene rings is 1. The van der Waals surface area contributed by atoms with E-state index in [1.807, 2.05) is 35.2 Å². The molecular weight excluding hydrogens is 312 g/mol. The third-order valence-corrected chi connectivity index (χ3v) is 5.54. The molecule has 136 valence electrons. The smallest absolute Gasteiger partial charge is 0.245 e. The minimum absolute atomic E-state index is 0.0750. The van der Waals surface area contributed by atoms with Gasteiger partial charge in [-0.2, -0.15) is 0 Å².